The Hall–Kier alpha value is -2.09. The Morgan fingerprint density at radius 1 is 1.14 bits per heavy atom. The lowest BCUT2D eigenvalue weighted by Crippen LogP contribution is -2.30. The highest BCUT2D eigenvalue weighted by Gasteiger charge is 2.17. The second-order valence-electron chi connectivity index (χ2n) is 6.04. The minimum absolute atomic E-state index is 0.259. The monoisotopic (exact) mass is 433 g/mol. The summed E-state index contributed by atoms with van der Waals surface area (Å²) < 4.78 is 6.48. The van der Waals surface area contributed by atoms with Crippen molar-refractivity contribution in [3.05, 3.63) is 64.7 Å². The molecule has 1 heterocycles. The second-order valence-corrected chi connectivity index (χ2v) is 8.67. The van der Waals surface area contributed by atoms with Crippen molar-refractivity contribution in [1.29, 1.82) is 0 Å². The third kappa shape index (κ3) is 5.95. The molecule has 0 fully saturated rings. The van der Waals surface area contributed by atoms with E-state index in [0.717, 1.165) is 22.1 Å². The Bertz CT molecular complexity index is 914. The molecule has 1 unspecified atom stereocenters. The fourth-order valence-corrected chi connectivity index (χ4v) is 4.15. The number of carbonyl (C=O) groups is 1. The average Bonchev–Trinajstić information content (AvgIpc) is 3.15. The quantitative estimate of drug-likeness (QED) is 0.378. The number of aromatic nitrogens is 2. The van der Waals surface area contributed by atoms with E-state index in [1.54, 1.807) is 18.7 Å². The maximum Gasteiger partial charge on any atom is 0.266 e. The molecule has 3 aromatic rings. The Kier molecular flexibility index (Phi) is 7.30. The molecule has 8 heteroatoms. The maximum absolute atomic E-state index is 12.3. The molecule has 1 N–H and O–H groups in total. The predicted octanol–water partition coefficient (Wildman–Crippen LogP) is 5.45. The number of anilines is 1. The second kappa shape index (κ2) is 9.91. The summed E-state index contributed by atoms with van der Waals surface area (Å²) in [7, 11) is 0. The largest absolute Gasteiger partial charge is 0.481 e. The number of hydrogen-bond donors (Lipinski definition) is 1. The van der Waals surface area contributed by atoms with Crippen molar-refractivity contribution in [2.24, 2.45) is 0 Å². The first-order valence-electron chi connectivity index (χ1n) is 8.80. The van der Waals surface area contributed by atoms with Gasteiger partial charge in [0, 0.05) is 10.8 Å². The Balaban J connectivity index is 1.50. The molecule has 0 aliphatic carbocycles. The predicted molar refractivity (Wildman–Crippen MR) is 115 cm³/mol. The summed E-state index contributed by atoms with van der Waals surface area (Å²) in [6.07, 6.45) is 0.327. The molecule has 1 atom stereocenters. The minimum atomic E-state index is -0.637. The molecule has 1 amide bonds. The molecule has 0 saturated heterocycles. The van der Waals surface area contributed by atoms with Gasteiger partial charge in [0.05, 0.1) is 0 Å². The summed E-state index contributed by atoms with van der Waals surface area (Å²) in [6, 6.07) is 15.4. The molecule has 28 heavy (non-hydrogen) atoms. The first-order valence-corrected chi connectivity index (χ1v) is 11.0. The van der Waals surface area contributed by atoms with Gasteiger partial charge in [-0.05, 0) is 48.7 Å². The van der Waals surface area contributed by atoms with Crippen LogP contribution in [0.4, 0.5) is 5.13 Å². The Labute approximate surface area is 177 Å². The fourth-order valence-electron chi connectivity index (χ4n) is 2.31. The van der Waals surface area contributed by atoms with Crippen molar-refractivity contribution in [3.63, 3.8) is 0 Å². The van der Waals surface area contributed by atoms with Crippen molar-refractivity contribution in [2.75, 3.05) is 5.32 Å². The molecule has 2 aromatic carbocycles. The van der Waals surface area contributed by atoms with E-state index >= 15 is 0 Å². The van der Waals surface area contributed by atoms with Crippen LogP contribution in [0.5, 0.6) is 5.75 Å². The van der Waals surface area contributed by atoms with Crippen LogP contribution in [0.15, 0.2) is 52.9 Å². The third-order valence-corrected chi connectivity index (χ3v) is 6.22. The summed E-state index contributed by atoms with van der Waals surface area (Å²) in [6.45, 7) is 3.80. The average molecular weight is 434 g/mol. The van der Waals surface area contributed by atoms with Gasteiger partial charge in [-0.2, -0.15) is 0 Å². The van der Waals surface area contributed by atoms with E-state index < -0.39 is 6.10 Å². The van der Waals surface area contributed by atoms with E-state index in [0.29, 0.717) is 15.9 Å². The first kappa shape index (κ1) is 20.6. The van der Waals surface area contributed by atoms with Gasteiger partial charge in [0.25, 0.3) is 5.91 Å². The smallest absolute Gasteiger partial charge is 0.266 e. The molecule has 0 aliphatic heterocycles. The van der Waals surface area contributed by atoms with Crippen LogP contribution in [-0.4, -0.2) is 22.2 Å². The van der Waals surface area contributed by atoms with Crippen LogP contribution in [0.1, 0.15) is 25.0 Å². The zero-order valence-electron chi connectivity index (χ0n) is 15.5. The first-order chi connectivity index (χ1) is 13.5. The number of amides is 1. The maximum atomic E-state index is 12.3. The highest BCUT2D eigenvalue weighted by molar-refractivity contribution is 8.00. The molecular formula is C20H20ClN3O2S2. The number of halogens is 1. The van der Waals surface area contributed by atoms with Crippen LogP contribution in [0.2, 0.25) is 5.02 Å². The van der Waals surface area contributed by atoms with E-state index in [4.69, 9.17) is 16.3 Å². The number of carbonyl (C=O) groups excluding carboxylic acids is 1. The van der Waals surface area contributed by atoms with Crippen molar-refractivity contribution in [2.45, 2.75) is 36.5 Å². The summed E-state index contributed by atoms with van der Waals surface area (Å²) in [5.74, 6) is 1.16. The summed E-state index contributed by atoms with van der Waals surface area (Å²) in [4.78, 5) is 12.3. The molecule has 0 saturated carbocycles. The highest BCUT2D eigenvalue weighted by Crippen LogP contribution is 2.28. The lowest BCUT2D eigenvalue weighted by Gasteiger charge is -2.13. The van der Waals surface area contributed by atoms with Crippen LogP contribution < -0.4 is 10.1 Å². The van der Waals surface area contributed by atoms with Crippen LogP contribution >= 0.6 is 34.7 Å². The number of thioether (sulfide) groups is 1. The van der Waals surface area contributed by atoms with Gasteiger partial charge >= 0.3 is 0 Å². The molecule has 1 aromatic heterocycles. The van der Waals surface area contributed by atoms with Crippen LogP contribution in [0.3, 0.4) is 0 Å². The lowest BCUT2D eigenvalue weighted by atomic mass is 10.2. The van der Waals surface area contributed by atoms with Gasteiger partial charge in [-0.3, -0.25) is 10.1 Å². The van der Waals surface area contributed by atoms with E-state index in [1.807, 2.05) is 48.5 Å². The minimum Gasteiger partial charge on any atom is -0.481 e. The van der Waals surface area contributed by atoms with Gasteiger partial charge in [0.1, 0.15) is 5.75 Å². The van der Waals surface area contributed by atoms with Gasteiger partial charge in [0.2, 0.25) is 5.13 Å². The number of hydrogen-bond acceptors (Lipinski definition) is 6. The number of benzene rings is 2. The molecule has 0 bridgehead atoms. The van der Waals surface area contributed by atoms with Crippen molar-refractivity contribution in [3.8, 4) is 5.75 Å². The number of nitrogens with zero attached hydrogens (tertiary/aromatic N) is 2. The van der Waals surface area contributed by atoms with E-state index in [2.05, 4.69) is 22.4 Å². The molecular weight excluding hydrogens is 414 g/mol. The number of ether oxygens (including phenoxy) is 1. The van der Waals surface area contributed by atoms with Crippen LogP contribution in [-0.2, 0) is 17.0 Å². The van der Waals surface area contributed by atoms with Gasteiger partial charge in [-0.1, -0.05) is 65.9 Å². The van der Waals surface area contributed by atoms with Gasteiger partial charge in [0.15, 0.2) is 10.4 Å². The molecule has 146 valence electrons. The number of aryl methyl sites for hydroxylation is 1. The SMILES string of the molecule is CCc1ccc(OC(C)C(=O)Nc2nnc(SCc3ccc(Cl)cc3)s2)cc1. The molecule has 5 nitrogen and oxygen atoms in total. The summed E-state index contributed by atoms with van der Waals surface area (Å²) >= 11 is 8.79. The zero-order chi connectivity index (χ0) is 19.9. The normalized spacial score (nSPS) is 11.8. The standard InChI is InChI=1S/C20H20ClN3O2S2/c1-3-14-6-10-17(11-7-14)26-13(2)18(25)22-19-23-24-20(28-19)27-12-15-4-8-16(21)9-5-15/h4-11,13H,3,12H2,1-2H3,(H,22,23,25). The fraction of sp³-hybridized carbons (Fsp3) is 0.250. The van der Waals surface area contributed by atoms with Gasteiger partial charge in [-0.15, -0.1) is 10.2 Å². The molecule has 0 aliphatic rings. The van der Waals surface area contributed by atoms with Crippen LogP contribution in [0, 0.1) is 0 Å². The van der Waals surface area contributed by atoms with Crippen molar-refractivity contribution in [1.82, 2.24) is 10.2 Å². The van der Waals surface area contributed by atoms with Crippen molar-refractivity contribution >= 4 is 45.7 Å². The van der Waals surface area contributed by atoms with Crippen molar-refractivity contribution < 1.29 is 9.53 Å². The molecule has 3 rings (SSSR count). The number of rotatable bonds is 8. The molecule has 0 radical (unpaired) electrons. The van der Waals surface area contributed by atoms with E-state index in [-0.39, 0.29) is 5.91 Å². The van der Waals surface area contributed by atoms with Gasteiger partial charge in [-0.25, -0.2) is 0 Å². The third-order valence-electron chi connectivity index (χ3n) is 3.93. The van der Waals surface area contributed by atoms with E-state index in [9.17, 15) is 4.79 Å². The Morgan fingerprint density at radius 2 is 1.82 bits per heavy atom. The van der Waals surface area contributed by atoms with E-state index in [1.165, 1.54) is 16.9 Å². The Morgan fingerprint density at radius 3 is 2.50 bits per heavy atom. The highest BCUT2D eigenvalue weighted by atomic mass is 35.5. The van der Waals surface area contributed by atoms with Gasteiger partial charge < -0.3 is 4.74 Å². The summed E-state index contributed by atoms with van der Waals surface area (Å²) in [5, 5.41) is 12.1. The number of nitrogens with one attached hydrogen (secondary N) is 1. The lowest BCUT2D eigenvalue weighted by molar-refractivity contribution is -0.122. The zero-order valence-corrected chi connectivity index (χ0v) is 17.9. The topological polar surface area (TPSA) is 64.1 Å². The van der Waals surface area contributed by atoms with Crippen LogP contribution in [0.25, 0.3) is 0 Å². The summed E-state index contributed by atoms with van der Waals surface area (Å²) in [5.41, 5.74) is 2.37. The molecule has 0 spiro atoms.